The highest BCUT2D eigenvalue weighted by atomic mass is 19.1. The normalized spacial score (nSPS) is 16.4. The number of anilines is 1. The van der Waals surface area contributed by atoms with E-state index in [4.69, 9.17) is 4.52 Å². The van der Waals surface area contributed by atoms with Gasteiger partial charge in [0.25, 0.3) is 5.56 Å². The molecule has 2 heterocycles. The minimum atomic E-state index is -0.218. The third kappa shape index (κ3) is 3.16. The Balaban J connectivity index is 1.59. The summed E-state index contributed by atoms with van der Waals surface area (Å²) in [7, 11) is 0. The molecule has 0 radical (unpaired) electrons. The lowest BCUT2D eigenvalue weighted by atomic mass is 10.2. The molecule has 3 rings (SSSR count). The number of nitrogens with zero attached hydrogens (tertiary/aromatic N) is 3. The summed E-state index contributed by atoms with van der Waals surface area (Å²) >= 11 is 0. The Morgan fingerprint density at radius 3 is 2.38 bits per heavy atom. The Labute approximate surface area is 122 Å². The van der Waals surface area contributed by atoms with Crippen LogP contribution in [0.15, 0.2) is 39.6 Å². The minimum absolute atomic E-state index is 0.103. The molecular formula is C15H18FN3O2. The molecule has 0 spiro atoms. The maximum Gasteiger partial charge on any atom is 0.283 e. The van der Waals surface area contributed by atoms with E-state index in [9.17, 15) is 9.18 Å². The number of halogens is 1. The zero-order chi connectivity index (χ0) is 14.8. The van der Waals surface area contributed by atoms with E-state index in [1.807, 2.05) is 0 Å². The van der Waals surface area contributed by atoms with Gasteiger partial charge in [-0.25, -0.2) is 4.39 Å². The van der Waals surface area contributed by atoms with Crippen molar-refractivity contribution in [2.45, 2.75) is 13.6 Å². The summed E-state index contributed by atoms with van der Waals surface area (Å²) in [6, 6.07) is 8.05. The van der Waals surface area contributed by atoms with Gasteiger partial charge in [0, 0.05) is 37.9 Å². The van der Waals surface area contributed by atoms with E-state index in [2.05, 4.69) is 9.80 Å². The Morgan fingerprint density at radius 2 is 1.81 bits per heavy atom. The highest BCUT2D eigenvalue weighted by molar-refractivity contribution is 5.46. The van der Waals surface area contributed by atoms with Crippen LogP contribution < -0.4 is 10.5 Å². The van der Waals surface area contributed by atoms with E-state index in [0.717, 1.165) is 31.9 Å². The lowest BCUT2D eigenvalue weighted by Crippen LogP contribution is -2.47. The molecule has 1 saturated heterocycles. The molecule has 0 aliphatic carbocycles. The van der Waals surface area contributed by atoms with Crippen molar-refractivity contribution in [3.8, 4) is 0 Å². The molecule has 5 nitrogen and oxygen atoms in total. The van der Waals surface area contributed by atoms with E-state index in [0.29, 0.717) is 12.4 Å². The van der Waals surface area contributed by atoms with Gasteiger partial charge in [-0.15, -0.1) is 0 Å². The maximum absolute atomic E-state index is 12.9. The summed E-state index contributed by atoms with van der Waals surface area (Å²) in [5.41, 5.74) is 0.926. The van der Waals surface area contributed by atoms with Crippen molar-refractivity contribution in [3.05, 3.63) is 52.3 Å². The lowest BCUT2D eigenvalue weighted by Gasteiger charge is -2.35. The molecule has 21 heavy (non-hydrogen) atoms. The fraction of sp³-hybridized carbons (Fsp3) is 0.400. The first kappa shape index (κ1) is 13.9. The molecule has 1 aliphatic heterocycles. The van der Waals surface area contributed by atoms with Gasteiger partial charge in [-0.3, -0.25) is 9.69 Å². The molecule has 1 aromatic carbocycles. The first-order valence-corrected chi connectivity index (χ1v) is 7.02. The van der Waals surface area contributed by atoms with Crippen LogP contribution >= 0.6 is 0 Å². The van der Waals surface area contributed by atoms with Crippen LogP contribution in [0.25, 0.3) is 0 Å². The fourth-order valence-corrected chi connectivity index (χ4v) is 2.57. The molecule has 1 aromatic heterocycles. The van der Waals surface area contributed by atoms with Crippen molar-refractivity contribution >= 4 is 5.69 Å². The van der Waals surface area contributed by atoms with Gasteiger partial charge in [0.1, 0.15) is 18.2 Å². The van der Waals surface area contributed by atoms with Crippen molar-refractivity contribution in [2.24, 2.45) is 0 Å². The second-order valence-corrected chi connectivity index (χ2v) is 5.29. The van der Waals surface area contributed by atoms with Gasteiger partial charge in [0.05, 0.1) is 0 Å². The van der Waals surface area contributed by atoms with Crippen LogP contribution in [0.2, 0.25) is 0 Å². The topological polar surface area (TPSA) is 41.6 Å². The molecule has 1 aliphatic rings. The van der Waals surface area contributed by atoms with E-state index in [1.165, 1.54) is 22.9 Å². The molecule has 0 saturated carbocycles. The van der Waals surface area contributed by atoms with Crippen molar-refractivity contribution in [2.75, 3.05) is 31.1 Å². The van der Waals surface area contributed by atoms with Crippen molar-refractivity contribution in [1.82, 2.24) is 9.64 Å². The maximum atomic E-state index is 12.9. The van der Waals surface area contributed by atoms with E-state index in [1.54, 1.807) is 19.1 Å². The van der Waals surface area contributed by atoms with E-state index >= 15 is 0 Å². The fourth-order valence-electron chi connectivity index (χ4n) is 2.57. The molecule has 0 unspecified atom stereocenters. The van der Waals surface area contributed by atoms with Crippen LogP contribution in [-0.4, -0.2) is 35.8 Å². The zero-order valence-corrected chi connectivity index (χ0v) is 12.0. The second-order valence-electron chi connectivity index (χ2n) is 5.29. The van der Waals surface area contributed by atoms with Gasteiger partial charge < -0.3 is 9.42 Å². The predicted octanol–water partition coefficient (Wildman–Crippen LogP) is 1.67. The largest absolute Gasteiger partial charge is 0.380 e. The molecule has 112 valence electrons. The van der Waals surface area contributed by atoms with E-state index < -0.39 is 0 Å². The Kier molecular flexibility index (Phi) is 3.79. The number of aryl methyl sites for hydroxylation is 1. The number of rotatable bonds is 3. The van der Waals surface area contributed by atoms with Crippen molar-refractivity contribution < 1.29 is 8.91 Å². The monoisotopic (exact) mass is 291 g/mol. The van der Waals surface area contributed by atoms with Crippen LogP contribution in [0, 0.1) is 12.7 Å². The Bertz CT molecular complexity index is 654. The first-order chi connectivity index (χ1) is 10.1. The average molecular weight is 291 g/mol. The molecule has 0 atom stereocenters. The first-order valence-electron chi connectivity index (χ1n) is 7.02. The summed E-state index contributed by atoms with van der Waals surface area (Å²) in [5, 5.41) is 0. The smallest absolute Gasteiger partial charge is 0.283 e. The highest BCUT2D eigenvalue weighted by Crippen LogP contribution is 2.17. The van der Waals surface area contributed by atoms with Gasteiger partial charge >= 0.3 is 0 Å². The minimum Gasteiger partial charge on any atom is -0.380 e. The molecule has 0 N–H and O–H groups in total. The number of piperazine rings is 1. The summed E-state index contributed by atoms with van der Waals surface area (Å²) in [6.07, 6.45) is 0. The van der Waals surface area contributed by atoms with Crippen LogP contribution in [0.4, 0.5) is 10.1 Å². The molecule has 6 heteroatoms. The van der Waals surface area contributed by atoms with Gasteiger partial charge in [0.15, 0.2) is 0 Å². The standard InChI is InChI=1S/C15H18FN3O2/c1-12-10-15(20)19(21-12)11-17-6-8-18(9-7-17)14-4-2-13(16)3-5-14/h2-5,10H,6-9,11H2,1H3. The molecular weight excluding hydrogens is 273 g/mol. The molecule has 1 fully saturated rings. The third-order valence-electron chi connectivity index (χ3n) is 3.72. The predicted molar refractivity (Wildman–Crippen MR) is 77.9 cm³/mol. The Morgan fingerprint density at radius 1 is 1.14 bits per heavy atom. The summed E-state index contributed by atoms with van der Waals surface area (Å²) in [6.45, 7) is 5.61. The van der Waals surface area contributed by atoms with Gasteiger partial charge in [-0.05, 0) is 31.2 Å². The number of aromatic nitrogens is 1. The summed E-state index contributed by atoms with van der Waals surface area (Å²) in [5.74, 6) is 0.412. The second kappa shape index (κ2) is 5.73. The van der Waals surface area contributed by atoms with Gasteiger partial charge in [-0.1, -0.05) is 0 Å². The molecule has 0 bridgehead atoms. The van der Waals surface area contributed by atoms with Crippen molar-refractivity contribution in [1.29, 1.82) is 0 Å². The van der Waals surface area contributed by atoms with Crippen molar-refractivity contribution in [3.63, 3.8) is 0 Å². The molecule has 2 aromatic rings. The number of benzene rings is 1. The van der Waals surface area contributed by atoms with Crippen LogP contribution in [0.1, 0.15) is 5.76 Å². The highest BCUT2D eigenvalue weighted by Gasteiger charge is 2.18. The van der Waals surface area contributed by atoms with Gasteiger partial charge in [0.2, 0.25) is 0 Å². The molecule has 0 amide bonds. The summed E-state index contributed by atoms with van der Waals surface area (Å²) < 4.78 is 19.7. The van der Waals surface area contributed by atoms with Gasteiger partial charge in [-0.2, -0.15) is 4.74 Å². The SMILES string of the molecule is Cc1cc(=O)n(CN2CCN(c3ccc(F)cc3)CC2)o1. The average Bonchev–Trinajstić information content (AvgIpc) is 2.79. The number of hydrogen-bond donors (Lipinski definition) is 0. The Hall–Kier alpha value is -2.08. The third-order valence-corrected chi connectivity index (χ3v) is 3.72. The van der Waals surface area contributed by atoms with Crippen LogP contribution in [-0.2, 0) is 6.67 Å². The quantitative estimate of drug-likeness (QED) is 0.862. The van der Waals surface area contributed by atoms with Crippen LogP contribution in [0.3, 0.4) is 0 Å². The lowest BCUT2D eigenvalue weighted by molar-refractivity contribution is 0.119. The number of hydrogen-bond acceptors (Lipinski definition) is 4. The van der Waals surface area contributed by atoms with E-state index in [-0.39, 0.29) is 11.4 Å². The van der Waals surface area contributed by atoms with Crippen LogP contribution in [0.5, 0.6) is 0 Å². The zero-order valence-electron chi connectivity index (χ0n) is 12.0. The summed E-state index contributed by atoms with van der Waals surface area (Å²) in [4.78, 5) is 16.0.